The quantitative estimate of drug-likeness (QED) is 0.604. The van der Waals surface area contributed by atoms with Crippen LogP contribution in [0.15, 0.2) is 18.2 Å². The van der Waals surface area contributed by atoms with E-state index in [1.165, 1.54) is 18.2 Å². The third-order valence-corrected chi connectivity index (χ3v) is 3.21. The first-order chi connectivity index (χ1) is 10.0. The van der Waals surface area contributed by atoms with Crippen molar-refractivity contribution in [2.24, 2.45) is 5.92 Å². The molecular formula is C13H16N2O6. The van der Waals surface area contributed by atoms with E-state index < -0.39 is 16.8 Å². The van der Waals surface area contributed by atoms with Crippen LogP contribution in [-0.4, -0.2) is 41.9 Å². The molecule has 0 radical (unpaired) electrons. The predicted molar refractivity (Wildman–Crippen MR) is 73.6 cm³/mol. The molecule has 0 spiro atoms. The van der Waals surface area contributed by atoms with E-state index in [1.807, 2.05) is 0 Å². The zero-order valence-corrected chi connectivity index (χ0v) is 11.4. The topological polar surface area (TPSA) is 111 Å². The number of carbonyl (C=O) groups is 1. The molecule has 114 valence electrons. The number of carboxylic acid groups (broad SMARTS) is 1. The first kappa shape index (κ1) is 15.0. The third kappa shape index (κ3) is 3.40. The molecule has 1 saturated heterocycles. The van der Waals surface area contributed by atoms with Gasteiger partial charge in [-0.1, -0.05) is 0 Å². The highest BCUT2D eigenvalue weighted by Gasteiger charge is 2.34. The Morgan fingerprint density at radius 2 is 2.33 bits per heavy atom. The minimum atomic E-state index is -0.933. The summed E-state index contributed by atoms with van der Waals surface area (Å²) in [7, 11) is 0. The molecule has 2 unspecified atom stereocenters. The Kier molecular flexibility index (Phi) is 4.59. The molecule has 0 bridgehead atoms. The van der Waals surface area contributed by atoms with Crippen LogP contribution in [0.2, 0.25) is 0 Å². The lowest BCUT2D eigenvalue weighted by Crippen LogP contribution is -2.33. The van der Waals surface area contributed by atoms with Crippen molar-refractivity contribution >= 4 is 17.3 Å². The molecule has 0 saturated carbocycles. The number of carboxylic acids is 1. The lowest BCUT2D eigenvalue weighted by Gasteiger charge is -2.17. The minimum Gasteiger partial charge on any atom is -0.487 e. The van der Waals surface area contributed by atoms with E-state index in [9.17, 15) is 14.9 Å². The van der Waals surface area contributed by atoms with Gasteiger partial charge in [0.2, 0.25) is 0 Å². The van der Waals surface area contributed by atoms with Crippen molar-refractivity contribution in [3.8, 4) is 5.75 Å². The molecular weight excluding hydrogens is 280 g/mol. The van der Waals surface area contributed by atoms with Crippen LogP contribution in [0.3, 0.4) is 0 Å². The molecule has 8 heteroatoms. The zero-order valence-electron chi connectivity index (χ0n) is 11.4. The van der Waals surface area contributed by atoms with Gasteiger partial charge in [0.15, 0.2) is 5.75 Å². The Balaban J connectivity index is 2.18. The van der Waals surface area contributed by atoms with E-state index in [0.29, 0.717) is 12.3 Å². The van der Waals surface area contributed by atoms with Crippen molar-refractivity contribution in [3.05, 3.63) is 28.3 Å². The second kappa shape index (κ2) is 6.40. The van der Waals surface area contributed by atoms with E-state index in [-0.39, 0.29) is 30.7 Å². The molecule has 2 atom stereocenters. The van der Waals surface area contributed by atoms with Gasteiger partial charge in [-0.2, -0.15) is 0 Å². The van der Waals surface area contributed by atoms with Crippen LogP contribution in [0.4, 0.5) is 11.4 Å². The molecule has 0 amide bonds. The van der Waals surface area contributed by atoms with Gasteiger partial charge in [0.25, 0.3) is 0 Å². The molecule has 21 heavy (non-hydrogen) atoms. The smallest absolute Gasteiger partial charge is 0.311 e. The Morgan fingerprint density at radius 1 is 1.57 bits per heavy atom. The summed E-state index contributed by atoms with van der Waals surface area (Å²) in [4.78, 5) is 21.5. The van der Waals surface area contributed by atoms with Crippen molar-refractivity contribution in [2.45, 2.75) is 13.0 Å². The predicted octanol–water partition coefficient (Wildman–Crippen LogP) is 1.50. The summed E-state index contributed by atoms with van der Waals surface area (Å²) in [5.74, 6) is -1.43. The fraction of sp³-hybridized carbons (Fsp3) is 0.462. The van der Waals surface area contributed by atoms with Crippen molar-refractivity contribution in [2.75, 3.05) is 25.1 Å². The number of nitrogens with zero attached hydrogens (tertiary/aromatic N) is 1. The fourth-order valence-corrected chi connectivity index (χ4v) is 2.18. The van der Waals surface area contributed by atoms with Gasteiger partial charge < -0.3 is 19.9 Å². The zero-order chi connectivity index (χ0) is 15.4. The van der Waals surface area contributed by atoms with Crippen molar-refractivity contribution in [1.29, 1.82) is 0 Å². The van der Waals surface area contributed by atoms with E-state index in [1.54, 1.807) is 6.92 Å². The molecule has 1 aliphatic heterocycles. The number of anilines is 1. The van der Waals surface area contributed by atoms with E-state index >= 15 is 0 Å². The van der Waals surface area contributed by atoms with Crippen LogP contribution in [0.25, 0.3) is 0 Å². The van der Waals surface area contributed by atoms with Crippen LogP contribution in [-0.2, 0) is 9.53 Å². The van der Waals surface area contributed by atoms with Crippen molar-refractivity contribution in [1.82, 2.24) is 0 Å². The number of hydrogen-bond donors (Lipinski definition) is 2. The minimum absolute atomic E-state index is 0.125. The molecule has 1 aromatic rings. The molecule has 1 aromatic carbocycles. The average molecular weight is 296 g/mol. The van der Waals surface area contributed by atoms with E-state index in [2.05, 4.69) is 5.32 Å². The van der Waals surface area contributed by atoms with Gasteiger partial charge in [-0.25, -0.2) is 0 Å². The normalized spacial score (nSPS) is 21.0. The summed E-state index contributed by atoms with van der Waals surface area (Å²) in [6, 6.07) is 3.98. The highest BCUT2D eigenvalue weighted by atomic mass is 16.6. The highest BCUT2D eigenvalue weighted by Crippen LogP contribution is 2.31. The summed E-state index contributed by atoms with van der Waals surface area (Å²) in [6.45, 7) is 2.46. The number of benzene rings is 1. The van der Waals surface area contributed by atoms with Gasteiger partial charge in [-0.15, -0.1) is 0 Å². The molecule has 1 heterocycles. The first-order valence-corrected chi connectivity index (χ1v) is 6.51. The van der Waals surface area contributed by atoms with Gasteiger partial charge in [-0.05, 0) is 13.0 Å². The number of ether oxygens (including phenoxy) is 2. The Labute approximate surface area is 120 Å². The number of hydrogen-bond acceptors (Lipinski definition) is 6. The summed E-state index contributed by atoms with van der Waals surface area (Å²) in [5.41, 5.74) is 0.436. The first-order valence-electron chi connectivity index (χ1n) is 6.51. The van der Waals surface area contributed by atoms with Crippen molar-refractivity contribution < 1.29 is 24.3 Å². The standard InChI is InChI=1S/C13H16N2O6/c1-2-21-12-5-8(3-4-11(12)15(18)19)14-10-7-20-6-9(10)13(16)17/h3-5,9-10,14H,2,6-7H2,1H3,(H,16,17). The molecule has 0 aromatic heterocycles. The Hall–Kier alpha value is -2.35. The molecule has 8 nitrogen and oxygen atoms in total. The van der Waals surface area contributed by atoms with Gasteiger partial charge in [0, 0.05) is 17.8 Å². The van der Waals surface area contributed by atoms with Crippen LogP contribution in [0, 0.1) is 16.0 Å². The summed E-state index contributed by atoms with van der Waals surface area (Å²) >= 11 is 0. The van der Waals surface area contributed by atoms with Crippen molar-refractivity contribution in [3.63, 3.8) is 0 Å². The third-order valence-electron chi connectivity index (χ3n) is 3.21. The molecule has 2 rings (SSSR count). The lowest BCUT2D eigenvalue weighted by atomic mass is 10.0. The average Bonchev–Trinajstić information content (AvgIpc) is 2.87. The second-order valence-electron chi connectivity index (χ2n) is 4.61. The number of aliphatic carboxylic acids is 1. The summed E-state index contributed by atoms with van der Waals surface area (Å²) < 4.78 is 10.4. The maximum absolute atomic E-state index is 11.1. The van der Waals surface area contributed by atoms with Crippen LogP contribution >= 0.6 is 0 Å². The monoisotopic (exact) mass is 296 g/mol. The summed E-state index contributed by atoms with van der Waals surface area (Å²) in [6.07, 6.45) is 0. The molecule has 0 aliphatic carbocycles. The SMILES string of the molecule is CCOc1cc(NC2COCC2C(=O)O)ccc1[N+](=O)[O-]. The van der Waals surface area contributed by atoms with E-state index in [4.69, 9.17) is 14.6 Å². The maximum Gasteiger partial charge on any atom is 0.311 e. The second-order valence-corrected chi connectivity index (χ2v) is 4.61. The van der Waals surface area contributed by atoms with Crippen LogP contribution in [0.1, 0.15) is 6.92 Å². The molecule has 2 N–H and O–H groups in total. The number of nitrogens with one attached hydrogen (secondary N) is 1. The van der Waals surface area contributed by atoms with Gasteiger partial charge in [0.1, 0.15) is 5.92 Å². The Bertz CT molecular complexity index is 547. The van der Waals surface area contributed by atoms with Crippen LogP contribution in [0.5, 0.6) is 5.75 Å². The van der Waals surface area contributed by atoms with Gasteiger partial charge >= 0.3 is 11.7 Å². The number of rotatable bonds is 6. The Morgan fingerprint density at radius 3 is 2.95 bits per heavy atom. The molecule has 1 fully saturated rings. The fourth-order valence-electron chi connectivity index (χ4n) is 2.18. The van der Waals surface area contributed by atoms with Gasteiger partial charge in [-0.3, -0.25) is 14.9 Å². The highest BCUT2D eigenvalue weighted by molar-refractivity contribution is 5.72. The summed E-state index contributed by atoms with van der Waals surface area (Å²) in [5, 5.41) is 23.0. The van der Waals surface area contributed by atoms with Crippen LogP contribution < -0.4 is 10.1 Å². The number of nitro benzene ring substituents is 1. The van der Waals surface area contributed by atoms with Gasteiger partial charge in [0.05, 0.1) is 30.8 Å². The maximum atomic E-state index is 11.1. The molecule has 1 aliphatic rings. The lowest BCUT2D eigenvalue weighted by molar-refractivity contribution is -0.385. The number of nitro groups is 1. The van der Waals surface area contributed by atoms with E-state index in [0.717, 1.165) is 0 Å². The largest absolute Gasteiger partial charge is 0.487 e.